The molecule has 3 aliphatic heterocycles. The fourth-order valence-corrected chi connectivity index (χ4v) is 3.88. The van der Waals surface area contributed by atoms with Gasteiger partial charge >= 0.3 is 12.2 Å². The Morgan fingerprint density at radius 3 is 2.43 bits per heavy atom. The van der Waals surface area contributed by atoms with Crippen molar-refractivity contribution in [3.05, 3.63) is 41.2 Å². The lowest BCUT2D eigenvalue weighted by molar-refractivity contribution is -0.138. The Bertz CT molecular complexity index is 946. The van der Waals surface area contributed by atoms with E-state index in [2.05, 4.69) is 0 Å². The van der Waals surface area contributed by atoms with E-state index in [-0.39, 0.29) is 29.9 Å². The zero-order valence-corrected chi connectivity index (χ0v) is 15.5. The first-order valence-corrected chi connectivity index (χ1v) is 8.81. The van der Waals surface area contributed by atoms with Gasteiger partial charge in [-0.15, -0.1) is 0 Å². The Morgan fingerprint density at radius 2 is 1.82 bits per heavy atom. The summed E-state index contributed by atoms with van der Waals surface area (Å²) in [6.07, 6.45) is -4.19. The van der Waals surface area contributed by atoms with Crippen molar-refractivity contribution in [2.24, 2.45) is 5.41 Å². The summed E-state index contributed by atoms with van der Waals surface area (Å²) in [6, 6.07) is 3.06. The van der Waals surface area contributed by atoms with Gasteiger partial charge in [0.1, 0.15) is 5.70 Å². The highest BCUT2D eigenvalue weighted by Gasteiger charge is 2.57. The van der Waals surface area contributed by atoms with E-state index in [0.717, 1.165) is 23.1 Å². The van der Waals surface area contributed by atoms with Crippen LogP contribution < -0.4 is 4.90 Å². The summed E-state index contributed by atoms with van der Waals surface area (Å²) in [4.78, 5) is 42.1. The molecule has 0 aromatic heterocycles. The van der Waals surface area contributed by atoms with Crippen LogP contribution in [0.15, 0.2) is 35.7 Å². The summed E-state index contributed by atoms with van der Waals surface area (Å²) in [5.74, 6) is -0.858. The average Bonchev–Trinajstić information content (AvgIpc) is 3.24. The molecule has 9 heteroatoms. The van der Waals surface area contributed by atoms with Gasteiger partial charge in [-0.05, 0) is 18.2 Å². The summed E-state index contributed by atoms with van der Waals surface area (Å²) >= 11 is 0. The van der Waals surface area contributed by atoms with Crippen LogP contribution in [0.1, 0.15) is 32.8 Å². The highest BCUT2D eigenvalue weighted by Crippen LogP contribution is 2.45. The van der Waals surface area contributed by atoms with E-state index in [0.29, 0.717) is 12.1 Å². The minimum absolute atomic E-state index is 0.0938. The maximum Gasteiger partial charge on any atom is 0.416 e. The first kappa shape index (κ1) is 18.5. The fraction of sp³-hybridized carbons (Fsp3) is 0.421. The third kappa shape index (κ3) is 2.52. The molecule has 0 N–H and O–H groups in total. The third-order valence-electron chi connectivity index (χ3n) is 5.15. The van der Waals surface area contributed by atoms with Crippen molar-refractivity contribution in [3.63, 3.8) is 0 Å². The number of urea groups is 1. The van der Waals surface area contributed by atoms with Gasteiger partial charge in [0.05, 0.1) is 23.0 Å². The molecular weight excluding hydrogens is 375 g/mol. The van der Waals surface area contributed by atoms with Crippen LogP contribution in [0.25, 0.3) is 0 Å². The summed E-state index contributed by atoms with van der Waals surface area (Å²) in [5.41, 5.74) is -1.17. The van der Waals surface area contributed by atoms with E-state index >= 15 is 0 Å². The van der Waals surface area contributed by atoms with Crippen LogP contribution in [0.3, 0.4) is 0 Å². The second-order valence-corrected chi connectivity index (χ2v) is 8.16. The Morgan fingerprint density at radius 1 is 1.14 bits per heavy atom. The number of carbonyl (C=O) groups is 3. The van der Waals surface area contributed by atoms with Gasteiger partial charge in [0.25, 0.3) is 5.91 Å². The Kier molecular flexibility index (Phi) is 3.70. The quantitative estimate of drug-likeness (QED) is 0.688. The van der Waals surface area contributed by atoms with Gasteiger partial charge in [0, 0.05) is 18.4 Å². The Hall–Kier alpha value is -2.84. The molecule has 0 spiro atoms. The van der Waals surface area contributed by atoms with Gasteiger partial charge in [-0.3, -0.25) is 14.5 Å². The second-order valence-electron chi connectivity index (χ2n) is 8.16. The van der Waals surface area contributed by atoms with Gasteiger partial charge in [0.2, 0.25) is 5.91 Å². The number of nitrogens with zero attached hydrogens (tertiary/aromatic N) is 3. The highest BCUT2D eigenvalue weighted by atomic mass is 19.4. The number of imide groups is 1. The van der Waals surface area contributed by atoms with E-state index in [4.69, 9.17) is 0 Å². The lowest BCUT2D eigenvalue weighted by atomic mass is 9.94. The van der Waals surface area contributed by atoms with Crippen LogP contribution in [0.5, 0.6) is 0 Å². The maximum atomic E-state index is 13.0. The largest absolute Gasteiger partial charge is 0.416 e. The van der Waals surface area contributed by atoms with Crippen LogP contribution >= 0.6 is 0 Å². The molecule has 0 aliphatic carbocycles. The van der Waals surface area contributed by atoms with Crippen LogP contribution in [0.2, 0.25) is 0 Å². The van der Waals surface area contributed by atoms with Crippen molar-refractivity contribution in [3.8, 4) is 0 Å². The molecule has 4 amide bonds. The number of rotatable bonds is 1. The number of fused-ring (bicyclic) bond motifs is 4. The molecule has 1 unspecified atom stereocenters. The SMILES string of the molecule is CC(C)(C)C(=O)N1CC2CC1=C1C(=O)N(c3cccc(C(F)(F)F)c3)C(=O)N12. The molecule has 28 heavy (non-hydrogen) atoms. The fourth-order valence-electron chi connectivity index (χ4n) is 3.88. The topological polar surface area (TPSA) is 60.9 Å². The lowest BCUT2D eigenvalue weighted by Gasteiger charge is -2.31. The van der Waals surface area contributed by atoms with Crippen LogP contribution in [-0.4, -0.2) is 40.2 Å². The highest BCUT2D eigenvalue weighted by molar-refractivity contribution is 6.27. The molecule has 148 valence electrons. The predicted octanol–water partition coefficient (Wildman–Crippen LogP) is 3.35. The number of hydrogen-bond acceptors (Lipinski definition) is 3. The van der Waals surface area contributed by atoms with Crippen LogP contribution in [0, 0.1) is 5.41 Å². The summed E-state index contributed by atoms with van der Waals surface area (Å²) in [6.45, 7) is 5.58. The summed E-state index contributed by atoms with van der Waals surface area (Å²) in [5, 5.41) is 0. The summed E-state index contributed by atoms with van der Waals surface area (Å²) in [7, 11) is 0. The van der Waals surface area contributed by atoms with E-state index in [1.54, 1.807) is 20.8 Å². The normalized spacial score (nSPS) is 21.9. The molecule has 1 atom stereocenters. The number of carbonyl (C=O) groups excluding carboxylic acids is 3. The van der Waals surface area contributed by atoms with E-state index < -0.39 is 29.1 Å². The zero-order valence-electron chi connectivity index (χ0n) is 15.5. The standard InChI is InChI=1S/C19H18F3N3O3/c1-18(2,3)16(27)23-9-12-8-13(23)14-15(26)25(17(28)24(12)14)11-6-4-5-10(7-11)19(20,21)22/h4-7,12H,8-9H2,1-3H3. The van der Waals surface area contributed by atoms with Crippen molar-refractivity contribution in [2.45, 2.75) is 39.4 Å². The molecule has 0 radical (unpaired) electrons. The summed E-state index contributed by atoms with van der Waals surface area (Å²) < 4.78 is 39.0. The second kappa shape index (κ2) is 5.59. The van der Waals surface area contributed by atoms with E-state index in [9.17, 15) is 27.6 Å². The van der Waals surface area contributed by atoms with E-state index in [1.165, 1.54) is 15.9 Å². The van der Waals surface area contributed by atoms with Gasteiger partial charge in [-0.1, -0.05) is 26.8 Å². The molecule has 1 aromatic rings. The van der Waals surface area contributed by atoms with Crippen LogP contribution in [-0.2, 0) is 15.8 Å². The predicted molar refractivity (Wildman–Crippen MR) is 92.8 cm³/mol. The molecule has 4 rings (SSSR count). The lowest BCUT2D eigenvalue weighted by Crippen LogP contribution is -2.45. The maximum absolute atomic E-state index is 13.0. The van der Waals surface area contributed by atoms with Gasteiger partial charge in [0.15, 0.2) is 0 Å². The smallest absolute Gasteiger partial charge is 0.311 e. The number of hydrogen-bond donors (Lipinski definition) is 0. The number of likely N-dealkylation sites (tertiary alicyclic amines) is 1. The minimum Gasteiger partial charge on any atom is -0.311 e. The molecule has 1 aromatic carbocycles. The first-order valence-electron chi connectivity index (χ1n) is 8.81. The van der Waals surface area contributed by atoms with Gasteiger partial charge in [-0.2, -0.15) is 13.2 Å². The molecule has 2 fully saturated rings. The van der Waals surface area contributed by atoms with Crippen LogP contribution in [0.4, 0.5) is 23.7 Å². The average molecular weight is 393 g/mol. The van der Waals surface area contributed by atoms with Gasteiger partial charge < -0.3 is 4.90 Å². The van der Waals surface area contributed by atoms with Crippen molar-refractivity contribution in [2.75, 3.05) is 11.4 Å². The number of amides is 4. The number of halogens is 3. The number of alkyl halides is 3. The number of anilines is 1. The van der Waals surface area contributed by atoms with E-state index in [1.807, 2.05) is 0 Å². The third-order valence-corrected chi connectivity index (χ3v) is 5.15. The molecule has 3 aliphatic rings. The molecule has 3 heterocycles. The van der Waals surface area contributed by atoms with Crippen molar-refractivity contribution >= 4 is 23.5 Å². The number of benzene rings is 1. The van der Waals surface area contributed by atoms with Crippen molar-refractivity contribution in [1.82, 2.24) is 9.80 Å². The van der Waals surface area contributed by atoms with Gasteiger partial charge in [-0.25, -0.2) is 9.69 Å². The van der Waals surface area contributed by atoms with Crippen molar-refractivity contribution < 1.29 is 27.6 Å². The van der Waals surface area contributed by atoms with Crippen molar-refractivity contribution in [1.29, 1.82) is 0 Å². The first-order chi connectivity index (χ1) is 12.9. The zero-order chi connectivity index (χ0) is 20.6. The molecule has 6 nitrogen and oxygen atoms in total. The molecular formula is C19H18F3N3O3. The molecule has 2 saturated heterocycles. The molecule has 0 saturated carbocycles. The monoisotopic (exact) mass is 393 g/mol. The Balaban J connectivity index is 1.74. The minimum atomic E-state index is -4.59. The molecule has 2 bridgehead atoms. The Labute approximate surface area is 159 Å².